The number of nitrogens with one attached hydrogen (secondary N) is 1. The number of benzene rings is 1. The van der Waals surface area contributed by atoms with Gasteiger partial charge in [-0.3, -0.25) is 14.5 Å². The van der Waals surface area contributed by atoms with Crippen molar-refractivity contribution in [1.82, 2.24) is 15.1 Å². The number of hydrogen-bond acceptors (Lipinski definition) is 3. The van der Waals surface area contributed by atoms with Gasteiger partial charge in [0.15, 0.2) is 0 Å². The molecule has 1 aliphatic rings. The molecule has 1 heterocycles. The van der Waals surface area contributed by atoms with Gasteiger partial charge < -0.3 is 10.2 Å². The van der Waals surface area contributed by atoms with E-state index in [1.165, 1.54) is 24.3 Å². The molecule has 0 bridgehead atoms. The van der Waals surface area contributed by atoms with Gasteiger partial charge in [-0.15, -0.1) is 11.6 Å². The molecular formula is C16H21ClFN3O2. The Balaban J connectivity index is 1.66. The largest absolute Gasteiger partial charge is 0.351 e. The number of piperazine rings is 1. The van der Waals surface area contributed by atoms with E-state index in [4.69, 9.17) is 11.6 Å². The molecule has 0 radical (unpaired) electrons. The third-order valence-corrected chi connectivity index (χ3v) is 4.04. The summed E-state index contributed by atoms with van der Waals surface area (Å²) in [5.41, 5.74) is 0.447. The van der Waals surface area contributed by atoms with Crippen LogP contribution in [-0.2, 0) is 4.79 Å². The van der Waals surface area contributed by atoms with Crippen molar-refractivity contribution in [3.63, 3.8) is 0 Å². The van der Waals surface area contributed by atoms with E-state index in [0.717, 1.165) is 19.6 Å². The van der Waals surface area contributed by atoms with E-state index in [-0.39, 0.29) is 17.6 Å². The maximum absolute atomic E-state index is 12.8. The highest BCUT2D eigenvalue weighted by Crippen LogP contribution is 2.05. The van der Waals surface area contributed by atoms with Crippen molar-refractivity contribution >= 4 is 23.4 Å². The van der Waals surface area contributed by atoms with E-state index in [9.17, 15) is 14.0 Å². The maximum Gasteiger partial charge on any atom is 0.251 e. The van der Waals surface area contributed by atoms with E-state index in [1.807, 2.05) is 4.90 Å². The summed E-state index contributed by atoms with van der Waals surface area (Å²) in [4.78, 5) is 27.7. The van der Waals surface area contributed by atoms with Gasteiger partial charge in [0.1, 0.15) is 5.82 Å². The molecule has 7 heteroatoms. The molecule has 0 aliphatic carbocycles. The van der Waals surface area contributed by atoms with Crippen LogP contribution in [0, 0.1) is 5.82 Å². The minimum absolute atomic E-state index is 0.101. The number of carbonyl (C=O) groups is 2. The van der Waals surface area contributed by atoms with E-state index in [0.29, 0.717) is 37.5 Å². The quantitative estimate of drug-likeness (QED) is 0.794. The van der Waals surface area contributed by atoms with Gasteiger partial charge >= 0.3 is 0 Å². The van der Waals surface area contributed by atoms with Crippen LogP contribution in [-0.4, -0.2) is 66.8 Å². The third-order valence-electron chi connectivity index (χ3n) is 3.85. The van der Waals surface area contributed by atoms with Crippen LogP contribution in [0.4, 0.5) is 4.39 Å². The Hall–Kier alpha value is -1.66. The topological polar surface area (TPSA) is 52.7 Å². The molecule has 5 nitrogen and oxygen atoms in total. The van der Waals surface area contributed by atoms with Crippen molar-refractivity contribution in [3.05, 3.63) is 35.6 Å². The van der Waals surface area contributed by atoms with Crippen LogP contribution in [0.2, 0.25) is 0 Å². The highest BCUT2D eigenvalue weighted by Gasteiger charge is 2.20. The molecule has 1 saturated heterocycles. The number of amides is 2. The number of hydrogen-bond donors (Lipinski definition) is 1. The smallest absolute Gasteiger partial charge is 0.251 e. The van der Waals surface area contributed by atoms with Crippen LogP contribution in [0.25, 0.3) is 0 Å². The molecule has 1 aliphatic heterocycles. The number of alkyl halides is 1. The number of rotatable bonds is 6. The zero-order valence-electron chi connectivity index (χ0n) is 12.9. The normalized spacial score (nSPS) is 15.5. The molecule has 1 N–H and O–H groups in total. The third kappa shape index (κ3) is 5.48. The van der Waals surface area contributed by atoms with E-state index >= 15 is 0 Å². The lowest BCUT2D eigenvalue weighted by Gasteiger charge is -2.34. The van der Waals surface area contributed by atoms with Crippen molar-refractivity contribution in [2.24, 2.45) is 0 Å². The summed E-state index contributed by atoms with van der Waals surface area (Å²) < 4.78 is 12.8. The summed E-state index contributed by atoms with van der Waals surface area (Å²) in [6, 6.07) is 5.47. The van der Waals surface area contributed by atoms with Crippen LogP contribution in [0.5, 0.6) is 0 Å². The molecule has 126 valence electrons. The highest BCUT2D eigenvalue weighted by molar-refractivity contribution is 6.18. The fourth-order valence-electron chi connectivity index (χ4n) is 2.49. The van der Waals surface area contributed by atoms with Gasteiger partial charge in [-0.1, -0.05) is 0 Å². The van der Waals surface area contributed by atoms with Crippen molar-refractivity contribution in [2.75, 3.05) is 45.1 Å². The average Bonchev–Trinajstić information content (AvgIpc) is 2.56. The fourth-order valence-corrected chi connectivity index (χ4v) is 2.65. The summed E-state index contributed by atoms with van der Waals surface area (Å²) in [7, 11) is 0. The van der Waals surface area contributed by atoms with Gasteiger partial charge in [0, 0.05) is 57.1 Å². The van der Waals surface area contributed by atoms with Gasteiger partial charge in [-0.25, -0.2) is 4.39 Å². The summed E-state index contributed by atoms with van der Waals surface area (Å²) in [5.74, 6) is -0.109. The second kappa shape index (κ2) is 8.84. The Morgan fingerprint density at radius 2 is 1.78 bits per heavy atom. The number of carbonyl (C=O) groups excluding carboxylic acids is 2. The van der Waals surface area contributed by atoms with Crippen LogP contribution in [0.3, 0.4) is 0 Å². The van der Waals surface area contributed by atoms with Crippen molar-refractivity contribution in [1.29, 1.82) is 0 Å². The molecule has 23 heavy (non-hydrogen) atoms. The molecule has 1 aromatic carbocycles. The number of nitrogens with zero attached hydrogens (tertiary/aromatic N) is 2. The first kappa shape index (κ1) is 17.7. The first-order chi connectivity index (χ1) is 11.1. The molecule has 0 saturated carbocycles. The predicted octanol–water partition coefficient (Wildman–Crippen LogP) is 1.33. The van der Waals surface area contributed by atoms with Gasteiger partial charge in [-0.2, -0.15) is 0 Å². The molecule has 1 aromatic rings. The second-order valence-electron chi connectivity index (χ2n) is 5.42. The molecular weight excluding hydrogens is 321 g/mol. The van der Waals surface area contributed by atoms with E-state index < -0.39 is 0 Å². The summed E-state index contributed by atoms with van der Waals surface area (Å²) >= 11 is 5.58. The summed E-state index contributed by atoms with van der Waals surface area (Å²) in [6.07, 6.45) is 0.384. The van der Waals surface area contributed by atoms with Crippen LogP contribution in [0.1, 0.15) is 16.8 Å². The lowest BCUT2D eigenvalue weighted by Crippen LogP contribution is -2.50. The van der Waals surface area contributed by atoms with E-state index in [1.54, 1.807) is 0 Å². The predicted molar refractivity (Wildman–Crippen MR) is 87.1 cm³/mol. The van der Waals surface area contributed by atoms with Crippen molar-refractivity contribution in [2.45, 2.75) is 6.42 Å². The molecule has 0 aromatic heterocycles. The van der Waals surface area contributed by atoms with Gasteiger partial charge in [-0.05, 0) is 24.3 Å². The Kier molecular flexibility index (Phi) is 6.80. The SMILES string of the molecule is O=C(NCCN1CCN(C(=O)CCCl)CC1)c1ccc(F)cc1. The number of halogens is 2. The summed E-state index contributed by atoms with van der Waals surface area (Å²) in [5, 5.41) is 2.82. The summed E-state index contributed by atoms with van der Waals surface area (Å²) in [6.45, 7) is 4.22. The Labute approximate surface area is 140 Å². The lowest BCUT2D eigenvalue weighted by molar-refractivity contribution is -0.132. The first-order valence-corrected chi connectivity index (χ1v) is 8.23. The first-order valence-electron chi connectivity index (χ1n) is 7.70. The van der Waals surface area contributed by atoms with Crippen molar-refractivity contribution in [3.8, 4) is 0 Å². The molecule has 0 spiro atoms. The van der Waals surface area contributed by atoms with Crippen LogP contribution >= 0.6 is 11.6 Å². The maximum atomic E-state index is 12.8. The van der Waals surface area contributed by atoms with E-state index in [2.05, 4.69) is 10.2 Å². The molecule has 0 unspecified atom stereocenters. The highest BCUT2D eigenvalue weighted by atomic mass is 35.5. The lowest BCUT2D eigenvalue weighted by atomic mass is 10.2. The standard InChI is InChI=1S/C16H21ClFN3O2/c17-6-5-15(22)21-11-9-20(10-12-21)8-7-19-16(23)13-1-3-14(18)4-2-13/h1-4H,5-12H2,(H,19,23). The minimum atomic E-state index is -0.358. The molecule has 1 fully saturated rings. The molecule has 2 amide bonds. The zero-order chi connectivity index (χ0) is 16.7. The van der Waals surface area contributed by atoms with Gasteiger partial charge in [0.2, 0.25) is 5.91 Å². The minimum Gasteiger partial charge on any atom is -0.351 e. The monoisotopic (exact) mass is 341 g/mol. The second-order valence-corrected chi connectivity index (χ2v) is 5.80. The van der Waals surface area contributed by atoms with Crippen molar-refractivity contribution < 1.29 is 14.0 Å². The van der Waals surface area contributed by atoms with Crippen LogP contribution in [0.15, 0.2) is 24.3 Å². The Bertz CT molecular complexity index is 531. The Morgan fingerprint density at radius 3 is 2.39 bits per heavy atom. The van der Waals surface area contributed by atoms with Gasteiger partial charge in [0.05, 0.1) is 0 Å². The molecule has 2 rings (SSSR count). The zero-order valence-corrected chi connectivity index (χ0v) is 13.7. The fraction of sp³-hybridized carbons (Fsp3) is 0.500. The average molecular weight is 342 g/mol. The molecule has 0 atom stereocenters. The van der Waals surface area contributed by atoms with Crippen LogP contribution < -0.4 is 5.32 Å². The van der Waals surface area contributed by atoms with Gasteiger partial charge in [0.25, 0.3) is 5.91 Å². The Morgan fingerprint density at radius 1 is 1.13 bits per heavy atom.